The molecular formula is C11H13ClO3S. The van der Waals surface area contributed by atoms with E-state index in [0.29, 0.717) is 5.02 Å². The monoisotopic (exact) mass is 260 g/mol. The highest BCUT2D eigenvalue weighted by atomic mass is 35.5. The SMILES string of the molecule is CS(=O)(=O)[C@@H]1[C@@H](CO)[C@@H]1c1cccc(Cl)c1. The van der Waals surface area contributed by atoms with E-state index in [9.17, 15) is 8.42 Å². The van der Waals surface area contributed by atoms with Gasteiger partial charge in [0.05, 0.1) is 5.25 Å². The quantitative estimate of drug-likeness (QED) is 0.895. The van der Waals surface area contributed by atoms with Crippen molar-refractivity contribution < 1.29 is 13.5 Å². The van der Waals surface area contributed by atoms with Crippen molar-refractivity contribution in [3.05, 3.63) is 34.9 Å². The number of hydrogen-bond acceptors (Lipinski definition) is 3. The zero-order valence-corrected chi connectivity index (χ0v) is 10.4. The van der Waals surface area contributed by atoms with E-state index in [4.69, 9.17) is 16.7 Å². The molecule has 5 heteroatoms. The molecule has 1 aliphatic carbocycles. The van der Waals surface area contributed by atoms with E-state index >= 15 is 0 Å². The second-order valence-electron chi connectivity index (χ2n) is 4.22. The first kappa shape index (κ1) is 11.9. The molecule has 1 saturated carbocycles. The smallest absolute Gasteiger partial charge is 0.151 e. The topological polar surface area (TPSA) is 54.4 Å². The first-order valence-electron chi connectivity index (χ1n) is 5.00. The molecule has 0 spiro atoms. The van der Waals surface area contributed by atoms with E-state index in [0.717, 1.165) is 5.56 Å². The third-order valence-corrected chi connectivity index (χ3v) is 4.90. The summed E-state index contributed by atoms with van der Waals surface area (Å²) in [5.41, 5.74) is 0.891. The van der Waals surface area contributed by atoms with Crippen molar-refractivity contribution in [1.82, 2.24) is 0 Å². The molecule has 3 atom stereocenters. The van der Waals surface area contributed by atoms with Crippen LogP contribution in [0.4, 0.5) is 0 Å². The predicted octanol–water partition coefficient (Wildman–Crippen LogP) is 1.46. The fourth-order valence-corrected chi connectivity index (χ4v) is 4.18. The van der Waals surface area contributed by atoms with Crippen molar-refractivity contribution in [2.75, 3.05) is 12.9 Å². The molecule has 0 bridgehead atoms. The number of sulfone groups is 1. The van der Waals surface area contributed by atoms with Crippen LogP contribution in [0.5, 0.6) is 0 Å². The Hall–Kier alpha value is -0.580. The first-order chi connectivity index (χ1) is 7.45. The van der Waals surface area contributed by atoms with Crippen LogP contribution in [0, 0.1) is 5.92 Å². The Balaban J connectivity index is 2.30. The molecule has 0 aliphatic heterocycles. The van der Waals surface area contributed by atoms with E-state index in [-0.39, 0.29) is 18.4 Å². The number of aliphatic hydroxyl groups excluding tert-OH is 1. The van der Waals surface area contributed by atoms with Crippen molar-refractivity contribution >= 4 is 21.4 Å². The second kappa shape index (κ2) is 4.02. The molecule has 0 unspecified atom stereocenters. The lowest BCUT2D eigenvalue weighted by molar-refractivity contribution is 0.274. The van der Waals surface area contributed by atoms with Gasteiger partial charge in [-0.15, -0.1) is 0 Å². The highest BCUT2D eigenvalue weighted by molar-refractivity contribution is 7.91. The van der Waals surface area contributed by atoms with Crippen LogP contribution in [-0.4, -0.2) is 31.6 Å². The molecule has 1 fully saturated rings. The fourth-order valence-electron chi connectivity index (χ4n) is 2.29. The molecule has 0 radical (unpaired) electrons. The van der Waals surface area contributed by atoms with Crippen LogP contribution in [0.2, 0.25) is 5.02 Å². The summed E-state index contributed by atoms with van der Waals surface area (Å²) in [7, 11) is -3.10. The van der Waals surface area contributed by atoms with Crippen molar-refractivity contribution in [3.63, 3.8) is 0 Å². The summed E-state index contributed by atoms with van der Waals surface area (Å²) in [5.74, 6) is -0.299. The van der Waals surface area contributed by atoms with Gasteiger partial charge in [0.2, 0.25) is 0 Å². The summed E-state index contributed by atoms with van der Waals surface area (Å²) in [4.78, 5) is 0. The Labute approximate surface area is 100.0 Å². The highest BCUT2D eigenvalue weighted by Crippen LogP contribution is 2.51. The highest BCUT2D eigenvalue weighted by Gasteiger charge is 2.56. The maximum absolute atomic E-state index is 11.5. The average molecular weight is 261 g/mol. The van der Waals surface area contributed by atoms with Crippen LogP contribution in [0.3, 0.4) is 0 Å². The predicted molar refractivity (Wildman–Crippen MR) is 63.4 cm³/mol. The summed E-state index contributed by atoms with van der Waals surface area (Å²) in [5, 5.41) is 9.27. The Kier molecular flexibility index (Phi) is 2.99. The summed E-state index contributed by atoms with van der Waals surface area (Å²) < 4.78 is 23.0. The summed E-state index contributed by atoms with van der Waals surface area (Å²) in [6.07, 6.45) is 1.21. The minimum absolute atomic E-state index is 0.102. The molecule has 0 aromatic heterocycles. The third kappa shape index (κ3) is 2.10. The van der Waals surface area contributed by atoms with Gasteiger partial charge < -0.3 is 5.11 Å². The molecule has 2 rings (SSSR count). The van der Waals surface area contributed by atoms with Crippen molar-refractivity contribution in [1.29, 1.82) is 0 Å². The average Bonchev–Trinajstić information content (AvgIpc) is 2.91. The van der Waals surface area contributed by atoms with Crippen molar-refractivity contribution in [3.8, 4) is 0 Å². The largest absolute Gasteiger partial charge is 0.396 e. The molecule has 0 heterocycles. The third-order valence-electron chi connectivity index (χ3n) is 3.04. The van der Waals surface area contributed by atoms with Crippen LogP contribution in [0.25, 0.3) is 0 Å². The molecular weight excluding hydrogens is 248 g/mol. The van der Waals surface area contributed by atoms with Gasteiger partial charge in [0.15, 0.2) is 9.84 Å². The molecule has 88 valence electrons. The maximum Gasteiger partial charge on any atom is 0.151 e. The van der Waals surface area contributed by atoms with E-state index in [1.165, 1.54) is 6.26 Å². The molecule has 1 aromatic carbocycles. The van der Waals surface area contributed by atoms with Crippen molar-refractivity contribution in [2.24, 2.45) is 5.92 Å². The van der Waals surface area contributed by atoms with E-state index in [2.05, 4.69) is 0 Å². The number of rotatable bonds is 3. The van der Waals surface area contributed by atoms with Gasteiger partial charge in [0.25, 0.3) is 0 Å². The minimum atomic E-state index is -3.10. The molecule has 1 N–H and O–H groups in total. The van der Waals surface area contributed by atoms with Crippen LogP contribution in [0.15, 0.2) is 24.3 Å². The number of halogens is 1. The van der Waals surface area contributed by atoms with Gasteiger partial charge in [-0.2, -0.15) is 0 Å². The lowest BCUT2D eigenvalue weighted by Gasteiger charge is -1.99. The summed E-state index contributed by atoms with van der Waals surface area (Å²) in [6.45, 7) is -0.102. The number of hydrogen-bond donors (Lipinski definition) is 1. The number of aliphatic hydroxyl groups is 1. The molecule has 3 nitrogen and oxygen atoms in total. The molecule has 16 heavy (non-hydrogen) atoms. The van der Waals surface area contributed by atoms with Crippen LogP contribution >= 0.6 is 11.6 Å². The van der Waals surface area contributed by atoms with E-state index in [1.807, 2.05) is 6.07 Å². The van der Waals surface area contributed by atoms with Gasteiger partial charge in [-0.3, -0.25) is 0 Å². The maximum atomic E-state index is 11.5. The summed E-state index contributed by atoms with van der Waals surface area (Å²) in [6, 6.07) is 7.16. The van der Waals surface area contributed by atoms with Crippen LogP contribution < -0.4 is 0 Å². The van der Waals surface area contributed by atoms with Gasteiger partial charge in [-0.05, 0) is 17.7 Å². The molecule has 0 saturated heterocycles. The standard InChI is InChI=1S/C11H13ClO3S/c1-16(14,15)11-9(6-13)10(11)7-3-2-4-8(12)5-7/h2-5,9-11,13H,6H2,1H3/t9-,10-,11+/m0/s1. The number of benzene rings is 1. The second-order valence-corrected chi connectivity index (χ2v) is 6.86. The lowest BCUT2D eigenvalue weighted by atomic mass is 10.1. The van der Waals surface area contributed by atoms with Gasteiger partial charge in [0, 0.05) is 29.7 Å². The van der Waals surface area contributed by atoms with Gasteiger partial charge in [-0.1, -0.05) is 23.7 Å². The molecule has 0 amide bonds. The summed E-state index contributed by atoms with van der Waals surface area (Å²) >= 11 is 5.86. The molecule has 1 aromatic rings. The first-order valence-corrected chi connectivity index (χ1v) is 7.33. The van der Waals surface area contributed by atoms with E-state index < -0.39 is 15.1 Å². The lowest BCUT2D eigenvalue weighted by Crippen LogP contribution is -2.08. The van der Waals surface area contributed by atoms with Gasteiger partial charge >= 0.3 is 0 Å². The van der Waals surface area contributed by atoms with Gasteiger partial charge in [-0.25, -0.2) is 8.42 Å². The Morgan fingerprint density at radius 2 is 2.12 bits per heavy atom. The Bertz CT molecular complexity index is 498. The normalized spacial score (nSPS) is 29.1. The molecule has 1 aliphatic rings. The Morgan fingerprint density at radius 1 is 1.44 bits per heavy atom. The van der Waals surface area contributed by atoms with E-state index in [1.54, 1.807) is 18.2 Å². The van der Waals surface area contributed by atoms with Crippen LogP contribution in [0.1, 0.15) is 11.5 Å². The van der Waals surface area contributed by atoms with Gasteiger partial charge in [0.1, 0.15) is 0 Å². The zero-order chi connectivity index (χ0) is 11.9. The zero-order valence-electron chi connectivity index (χ0n) is 8.80. The van der Waals surface area contributed by atoms with Crippen molar-refractivity contribution in [2.45, 2.75) is 11.2 Å². The minimum Gasteiger partial charge on any atom is -0.396 e. The Morgan fingerprint density at radius 3 is 2.56 bits per heavy atom. The van der Waals surface area contributed by atoms with Crippen LogP contribution in [-0.2, 0) is 9.84 Å². The fraction of sp³-hybridized carbons (Fsp3) is 0.455.